The largest absolute Gasteiger partial charge is 0.573 e. The quantitative estimate of drug-likeness (QED) is 0.127. The standard InChI is InChI=1S/C43H46F3N7O7/c44-43(45,46)60-31-6-3-29(4-7-31)35-26-52(15-1-14-47-42(58)59)36-9-2-28(22-33(35)36)25-49-16-12-27(13-17-49)24-50-18-20-51(21-19-50)30-5-8-32-34(23-30)41(57)53(40(32)56)37-10-11-38(54)48-39(37)55/h2-9,22-23,26-27,37,47H,1,10-21,24-25H2,(H,58,59)(H,48,54,55). The minimum atomic E-state index is -4.78. The molecule has 3 aromatic carbocycles. The number of ether oxygens (including phenoxy) is 1. The van der Waals surface area contributed by atoms with Gasteiger partial charge in [0.1, 0.15) is 11.8 Å². The Balaban J connectivity index is 0.850. The molecule has 4 aliphatic heterocycles. The molecule has 3 saturated heterocycles. The van der Waals surface area contributed by atoms with Crippen molar-refractivity contribution >= 4 is 46.3 Å². The first-order valence-electron chi connectivity index (χ1n) is 20.3. The molecule has 0 radical (unpaired) electrons. The van der Waals surface area contributed by atoms with Crippen LogP contribution in [-0.4, -0.2) is 119 Å². The normalized spacial score (nSPS) is 19.6. The first-order valence-corrected chi connectivity index (χ1v) is 20.3. The highest BCUT2D eigenvalue weighted by Crippen LogP contribution is 2.35. The predicted octanol–water partition coefficient (Wildman–Crippen LogP) is 5.30. The van der Waals surface area contributed by atoms with Gasteiger partial charge in [0, 0.05) is 87.1 Å². The second-order valence-corrected chi connectivity index (χ2v) is 15.9. The van der Waals surface area contributed by atoms with Crippen molar-refractivity contribution in [1.82, 2.24) is 29.9 Å². The minimum absolute atomic E-state index is 0.0734. The monoisotopic (exact) mass is 829 g/mol. The lowest BCUT2D eigenvalue weighted by Gasteiger charge is -2.39. The van der Waals surface area contributed by atoms with E-state index in [-0.39, 0.29) is 36.3 Å². The van der Waals surface area contributed by atoms with Crippen LogP contribution in [-0.2, 0) is 22.7 Å². The van der Waals surface area contributed by atoms with Crippen molar-refractivity contribution in [1.29, 1.82) is 0 Å². The van der Waals surface area contributed by atoms with Crippen LogP contribution in [0.3, 0.4) is 0 Å². The summed E-state index contributed by atoms with van der Waals surface area (Å²) >= 11 is 0. The van der Waals surface area contributed by atoms with Crippen LogP contribution in [0.25, 0.3) is 22.0 Å². The summed E-state index contributed by atoms with van der Waals surface area (Å²) in [7, 11) is 0. The number of carbonyl (C=O) groups excluding carboxylic acids is 4. The number of aromatic nitrogens is 1. The third kappa shape index (κ3) is 8.96. The van der Waals surface area contributed by atoms with Crippen molar-refractivity contribution in [2.24, 2.45) is 5.92 Å². The number of aryl methyl sites for hydroxylation is 1. The summed E-state index contributed by atoms with van der Waals surface area (Å²) in [6.07, 6.45) is -1.03. The number of halogens is 3. The summed E-state index contributed by atoms with van der Waals surface area (Å²) in [6.45, 7) is 7.77. The molecule has 60 heavy (non-hydrogen) atoms. The smallest absolute Gasteiger partial charge is 0.465 e. The number of hydrogen-bond acceptors (Lipinski definition) is 9. The molecule has 316 valence electrons. The molecule has 1 atom stereocenters. The van der Waals surface area contributed by atoms with E-state index in [4.69, 9.17) is 5.11 Å². The van der Waals surface area contributed by atoms with E-state index in [1.165, 1.54) is 12.1 Å². The van der Waals surface area contributed by atoms with Crippen LogP contribution in [0.1, 0.15) is 58.4 Å². The van der Waals surface area contributed by atoms with E-state index in [1.54, 1.807) is 24.3 Å². The number of hydrogen-bond donors (Lipinski definition) is 3. The highest BCUT2D eigenvalue weighted by molar-refractivity contribution is 6.23. The van der Waals surface area contributed by atoms with E-state index in [0.717, 1.165) is 103 Å². The number of benzene rings is 3. The summed E-state index contributed by atoms with van der Waals surface area (Å²) in [5.41, 5.74) is 5.10. The van der Waals surface area contributed by atoms with Gasteiger partial charge in [-0.15, -0.1) is 13.2 Å². The zero-order chi connectivity index (χ0) is 42.1. The van der Waals surface area contributed by atoms with Crippen LogP contribution in [0.5, 0.6) is 5.75 Å². The van der Waals surface area contributed by atoms with E-state index in [2.05, 4.69) is 52.8 Å². The minimum Gasteiger partial charge on any atom is -0.465 e. The Kier molecular flexibility index (Phi) is 11.5. The number of nitrogens with zero attached hydrogens (tertiary/aromatic N) is 5. The molecule has 17 heteroatoms. The molecule has 4 aliphatic rings. The maximum atomic E-state index is 13.3. The Bertz CT molecular complexity index is 2300. The average Bonchev–Trinajstić information content (AvgIpc) is 3.70. The number of carboxylic acid groups (broad SMARTS) is 1. The Morgan fingerprint density at radius 3 is 2.27 bits per heavy atom. The van der Waals surface area contributed by atoms with Crippen LogP contribution < -0.4 is 20.3 Å². The van der Waals surface area contributed by atoms with Gasteiger partial charge in [0.05, 0.1) is 11.1 Å². The van der Waals surface area contributed by atoms with Gasteiger partial charge in [0.25, 0.3) is 11.8 Å². The van der Waals surface area contributed by atoms with Crippen molar-refractivity contribution in [3.63, 3.8) is 0 Å². The van der Waals surface area contributed by atoms with Gasteiger partial charge >= 0.3 is 12.5 Å². The fourth-order valence-corrected chi connectivity index (χ4v) is 8.93. The molecular weight excluding hydrogens is 784 g/mol. The number of nitrogens with one attached hydrogen (secondary N) is 2. The maximum Gasteiger partial charge on any atom is 0.573 e. The summed E-state index contributed by atoms with van der Waals surface area (Å²) in [6, 6.07) is 16.4. The van der Waals surface area contributed by atoms with E-state index in [0.29, 0.717) is 18.9 Å². The molecule has 4 aromatic rings. The van der Waals surface area contributed by atoms with Gasteiger partial charge in [0.15, 0.2) is 0 Å². The number of piperidine rings is 2. The number of anilines is 1. The number of fused-ring (bicyclic) bond motifs is 2. The molecular formula is C43H46F3N7O7. The summed E-state index contributed by atoms with van der Waals surface area (Å²) < 4.78 is 44.6. The average molecular weight is 830 g/mol. The van der Waals surface area contributed by atoms with E-state index >= 15 is 0 Å². The van der Waals surface area contributed by atoms with Crippen LogP contribution in [0, 0.1) is 5.92 Å². The second kappa shape index (κ2) is 17.0. The Morgan fingerprint density at radius 2 is 1.57 bits per heavy atom. The number of imide groups is 2. The van der Waals surface area contributed by atoms with Crippen LogP contribution >= 0.6 is 0 Å². The fourth-order valence-electron chi connectivity index (χ4n) is 8.93. The van der Waals surface area contributed by atoms with E-state index < -0.39 is 42.1 Å². The van der Waals surface area contributed by atoms with Gasteiger partial charge < -0.3 is 24.6 Å². The second-order valence-electron chi connectivity index (χ2n) is 15.9. The van der Waals surface area contributed by atoms with E-state index in [1.807, 2.05) is 12.3 Å². The molecule has 3 N–H and O–H groups in total. The molecule has 0 spiro atoms. The topological polar surface area (TPSA) is 157 Å². The lowest BCUT2D eigenvalue weighted by molar-refractivity contribution is -0.274. The molecule has 14 nitrogen and oxygen atoms in total. The number of likely N-dealkylation sites (tertiary alicyclic amines) is 1. The number of alkyl halides is 3. The molecule has 1 unspecified atom stereocenters. The maximum absolute atomic E-state index is 13.3. The molecule has 0 saturated carbocycles. The van der Waals surface area contributed by atoms with Gasteiger partial charge in [-0.3, -0.25) is 39.2 Å². The number of rotatable bonds is 12. The molecule has 1 aromatic heterocycles. The third-order valence-corrected chi connectivity index (χ3v) is 12.0. The lowest BCUT2D eigenvalue weighted by atomic mass is 9.95. The van der Waals surface area contributed by atoms with Crippen molar-refractivity contribution in [3.05, 3.63) is 83.6 Å². The number of amides is 5. The van der Waals surface area contributed by atoms with Crippen LogP contribution in [0.2, 0.25) is 0 Å². The Morgan fingerprint density at radius 1 is 0.833 bits per heavy atom. The van der Waals surface area contributed by atoms with Gasteiger partial charge in [-0.25, -0.2) is 4.79 Å². The molecule has 0 aliphatic carbocycles. The molecule has 8 rings (SSSR count). The zero-order valence-corrected chi connectivity index (χ0v) is 32.9. The number of carbonyl (C=O) groups is 5. The summed E-state index contributed by atoms with van der Waals surface area (Å²) in [4.78, 5) is 69.7. The highest BCUT2D eigenvalue weighted by atomic mass is 19.4. The van der Waals surface area contributed by atoms with Crippen molar-refractivity contribution in [2.45, 2.75) is 57.6 Å². The summed E-state index contributed by atoms with van der Waals surface area (Å²) in [5.74, 6) is -1.79. The molecule has 3 fully saturated rings. The van der Waals surface area contributed by atoms with Crippen molar-refractivity contribution in [2.75, 3.05) is 57.3 Å². The van der Waals surface area contributed by atoms with Gasteiger partial charge in [-0.05, 0) is 98.3 Å². The van der Waals surface area contributed by atoms with Crippen molar-refractivity contribution in [3.8, 4) is 16.9 Å². The van der Waals surface area contributed by atoms with Crippen molar-refractivity contribution < 1.29 is 47.0 Å². The zero-order valence-electron chi connectivity index (χ0n) is 32.9. The van der Waals surface area contributed by atoms with Gasteiger partial charge in [-0.1, -0.05) is 18.2 Å². The number of piperazine rings is 1. The fraction of sp³-hybridized carbons (Fsp3) is 0.419. The highest BCUT2D eigenvalue weighted by Gasteiger charge is 2.45. The first kappa shape index (κ1) is 40.8. The lowest BCUT2D eigenvalue weighted by Crippen LogP contribution is -2.54. The van der Waals surface area contributed by atoms with Gasteiger partial charge in [0.2, 0.25) is 11.8 Å². The SMILES string of the molecule is O=C(O)NCCCn1cc(-c2ccc(OC(F)(F)F)cc2)c2cc(CN3CCC(CN4CCN(c5ccc6c(c5)C(=O)N(C5CCC(=O)NC5=O)C6=O)CC4)CC3)ccc21. The Labute approximate surface area is 343 Å². The Hall–Kier alpha value is -5.94. The molecule has 5 amide bonds. The van der Waals surface area contributed by atoms with Gasteiger partial charge in [-0.2, -0.15) is 0 Å². The third-order valence-electron chi connectivity index (χ3n) is 12.0. The summed E-state index contributed by atoms with van der Waals surface area (Å²) in [5, 5.41) is 14.6. The predicted molar refractivity (Wildman–Crippen MR) is 214 cm³/mol. The molecule has 0 bridgehead atoms. The van der Waals surface area contributed by atoms with Crippen LogP contribution in [0.15, 0.2) is 66.9 Å². The first-order chi connectivity index (χ1) is 28.8. The van der Waals surface area contributed by atoms with Crippen LogP contribution in [0.4, 0.5) is 23.7 Å². The molecule has 5 heterocycles. The van der Waals surface area contributed by atoms with E-state index in [9.17, 15) is 37.1 Å².